The van der Waals surface area contributed by atoms with Crippen LogP contribution in [0.1, 0.15) is 6.92 Å². The van der Waals surface area contributed by atoms with Crippen LogP contribution in [0.25, 0.3) is 11.0 Å². The molecule has 0 bridgehead atoms. The van der Waals surface area contributed by atoms with Gasteiger partial charge in [-0.3, -0.25) is 9.44 Å². The van der Waals surface area contributed by atoms with Crippen molar-refractivity contribution in [3.05, 3.63) is 95.5 Å². The third kappa shape index (κ3) is 6.82. The van der Waals surface area contributed by atoms with Gasteiger partial charge in [0.05, 0.1) is 35.3 Å². The van der Waals surface area contributed by atoms with Gasteiger partial charge in [0, 0.05) is 10.2 Å². The van der Waals surface area contributed by atoms with Crippen molar-refractivity contribution in [2.75, 3.05) is 28.5 Å². The molecule has 14 heteroatoms. The zero-order valence-corrected chi connectivity index (χ0v) is 26.1. The maximum Gasteiger partial charge on any atom is 0.266 e. The Labute approximate surface area is 257 Å². The van der Waals surface area contributed by atoms with Crippen LogP contribution in [0, 0.1) is 0 Å². The van der Waals surface area contributed by atoms with Gasteiger partial charge < -0.3 is 14.8 Å². The second-order valence-electron chi connectivity index (χ2n) is 9.00. The lowest BCUT2D eigenvalue weighted by atomic mass is 10.3. The van der Waals surface area contributed by atoms with E-state index in [-0.39, 0.29) is 39.5 Å². The Bertz CT molecular complexity index is 2020. The molecule has 4 aromatic carbocycles. The van der Waals surface area contributed by atoms with Crippen molar-refractivity contribution in [1.29, 1.82) is 0 Å². The highest BCUT2D eigenvalue weighted by Gasteiger charge is 2.24. The Morgan fingerprint density at radius 2 is 1.44 bits per heavy atom. The molecule has 11 nitrogen and oxygen atoms in total. The summed E-state index contributed by atoms with van der Waals surface area (Å²) in [4.78, 5) is 8.95. The summed E-state index contributed by atoms with van der Waals surface area (Å²) in [6.45, 7) is 2.01. The molecule has 0 saturated heterocycles. The molecule has 0 radical (unpaired) electrons. The molecular weight excluding hydrogens is 658 g/mol. The number of hydrogen-bond donors (Lipinski definition) is 3. The normalized spacial score (nSPS) is 11.6. The number of benzene rings is 4. The maximum atomic E-state index is 13.6. The molecule has 43 heavy (non-hydrogen) atoms. The summed E-state index contributed by atoms with van der Waals surface area (Å²) >= 11 is 3.32. The average Bonchev–Trinajstić information content (AvgIpc) is 2.98. The molecule has 5 rings (SSSR count). The molecule has 1 heterocycles. The standard InChI is InChI=1S/C29H26BrN5O6S2/c1-3-41-26-16-15-19(30)17-27(26)43(38,39)35-29-28(32-22-11-4-5-12-23(22)33-29)31-20-9-8-10-21(18-20)42(36,37)34-24-13-6-7-14-25(24)40-2/h4-18,34H,3H2,1-2H3,(H,31,32)(H,33,35). The molecule has 0 atom stereocenters. The first-order valence-corrected chi connectivity index (χ1v) is 16.6. The van der Waals surface area contributed by atoms with Crippen molar-refractivity contribution in [2.45, 2.75) is 16.7 Å². The average molecular weight is 685 g/mol. The van der Waals surface area contributed by atoms with Crippen molar-refractivity contribution in [3.8, 4) is 11.5 Å². The minimum absolute atomic E-state index is 0.0465. The highest BCUT2D eigenvalue weighted by Crippen LogP contribution is 2.33. The summed E-state index contributed by atoms with van der Waals surface area (Å²) < 4.78 is 70.1. The minimum atomic E-state index is -4.21. The van der Waals surface area contributed by atoms with Crippen LogP contribution >= 0.6 is 15.9 Å². The smallest absolute Gasteiger partial charge is 0.266 e. The van der Waals surface area contributed by atoms with E-state index in [0.717, 1.165) is 0 Å². The topological polar surface area (TPSA) is 149 Å². The van der Waals surface area contributed by atoms with Gasteiger partial charge in [-0.2, -0.15) is 0 Å². The molecule has 5 aromatic rings. The number of para-hydroxylation sites is 4. The van der Waals surface area contributed by atoms with Crippen LogP contribution in [0.3, 0.4) is 0 Å². The predicted molar refractivity (Wildman–Crippen MR) is 169 cm³/mol. The van der Waals surface area contributed by atoms with Crippen molar-refractivity contribution < 1.29 is 26.3 Å². The van der Waals surface area contributed by atoms with Gasteiger partial charge >= 0.3 is 0 Å². The molecule has 0 aliphatic rings. The second-order valence-corrected chi connectivity index (χ2v) is 13.2. The Morgan fingerprint density at radius 3 is 2.16 bits per heavy atom. The number of sulfonamides is 2. The summed E-state index contributed by atoms with van der Waals surface area (Å²) in [6, 6.07) is 24.3. The highest BCUT2D eigenvalue weighted by molar-refractivity contribution is 9.10. The fourth-order valence-corrected chi connectivity index (χ4v) is 6.93. The summed E-state index contributed by atoms with van der Waals surface area (Å²) in [5.41, 5.74) is 1.54. The van der Waals surface area contributed by atoms with Crippen molar-refractivity contribution in [3.63, 3.8) is 0 Å². The zero-order valence-electron chi connectivity index (χ0n) is 22.9. The molecule has 0 saturated carbocycles. The van der Waals surface area contributed by atoms with Gasteiger partial charge in [-0.1, -0.05) is 46.3 Å². The number of rotatable bonds is 11. The Kier molecular flexibility index (Phi) is 8.71. The van der Waals surface area contributed by atoms with E-state index < -0.39 is 20.0 Å². The van der Waals surface area contributed by atoms with Crippen molar-refractivity contribution in [2.24, 2.45) is 0 Å². The zero-order chi connectivity index (χ0) is 30.6. The first-order chi connectivity index (χ1) is 20.6. The van der Waals surface area contributed by atoms with Gasteiger partial charge in [-0.05, 0) is 67.6 Å². The number of methoxy groups -OCH3 is 1. The van der Waals surface area contributed by atoms with Crippen LogP contribution in [0.5, 0.6) is 11.5 Å². The van der Waals surface area contributed by atoms with Crippen LogP contribution < -0.4 is 24.2 Å². The quantitative estimate of drug-likeness (QED) is 0.149. The fourth-order valence-electron chi connectivity index (χ4n) is 4.12. The van der Waals surface area contributed by atoms with Crippen molar-refractivity contribution >= 4 is 70.0 Å². The molecule has 0 amide bonds. The molecule has 3 N–H and O–H groups in total. The highest BCUT2D eigenvalue weighted by atomic mass is 79.9. The summed E-state index contributed by atoms with van der Waals surface area (Å²) in [5.74, 6) is 0.493. The maximum absolute atomic E-state index is 13.6. The van der Waals surface area contributed by atoms with E-state index in [0.29, 0.717) is 26.9 Å². The first kappa shape index (κ1) is 30.1. The Balaban J connectivity index is 1.52. The number of aromatic nitrogens is 2. The number of hydrogen-bond acceptors (Lipinski definition) is 9. The lowest BCUT2D eigenvalue weighted by Gasteiger charge is -2.16. The Morgan fingerprint density at radius 1 is 0.744 bits per heavy atom. The van der Waals surface area contributed by atoms with E-state index in [2.05, 4.69) is 40.7 Å². The first-order valence-electron chi connectivity index (χ1n) is 12.8. The number of fused-ring (bicyclic) bond motifs is 1. The SMILES string of the molecule is CCOc1ccc(Br)cc1S(=O)(=O)Nc1nc2ccccc2nc1Nc1cccc(S(=O)(=O)Nc2ccccc2OC)c1. The van der Waals surface area contributed by atoms with Gasteiger partial charge in [0.25, 0.3) is 20.0 Å². The van der Waals surface area contributed by atoms with E-state index in [1.165, 1.54) is 25.3 Å². The van der Waals surface area contributed by atoms with Gasteiger partial charge in [0.15, 0.2) is 11.6 Å². The number of nitrogens with zero attached hydrogens (tertiary/aromatic N) is 2. The molecule has 0 aliphatic heterocycles. The van der Waals surface area contributed by atoms with Gasteiger partial charge in [0.2, 0.25) is 0 Å². The summed E-state index contributed by atoms with van der Waals surface area (Å²) in [5, 5.41) is 3.03. The molecule has 0 aliphatic carbocycles. The van der Waals surface area contributed by atoms with Crippen LogP contribution in [0.2, 0.25) is 0 Å². The molecular formula is C29H26BrN5O6S2. The van der Waals surface area contributed by atoms with Crippen LogP contribution in [-0.2, 0) is 20.0 Å². The number of ether oxygens (including phenoxy) is 2. The van der Waals surface area contributed by atoms with Gasteiger partial charge in [0.1, 0.15) is 16.4 Å². The van der Waals surface area contributed by atoms with Crippen molar-refractivity contribution in [1.82, 2.24) is 9.97 Å². The monoisotopic (exact) mass is 683 g/mol. The molecule has 1 aromatic heterocycles. The van der Waals surface area contributed by atoms with E-state index in [1.54, 1.807) is 79.7 Å². The van der Waals surface area contributed by atoms with Crippen LogP contribution in [-0.4, -0.2) is 40.5 Å². The lowest BCUT2D eigenvalue weighted by Crippen LogP contribution is -2.17. The third-order valence-corrected chi connectivity index (χ3v) is 9.27. The lowest BCUT2D eigenvalue weighted by molar-refractivity contribution is 0.331. The second kappa shape index (κ2) is 12.5. The molecule has 0 fully saturated rings. The van der Waals surface area contributed by atoms with E-state index >= 15 is 0 Å². The number of nitrogens with one attached hydrogen (secondary N) is 3. The van der Waals surface area contributed by atoms with E-state index in [1.807, 2.05) is 0 Å². The Hall–Kier alpha value is -4.40. The predicted octanol–water partition coefficient (Wildman–Crippen LogP) is 6.14. The van der Waals surface area contributed by atoms with Crippen LogP contribution in [0.4, 0.5) is 23.0 Å². The fraction of sp³-hybridized carbons (Fsp3) is 0.103. The van der Waals surface area contributed by atoms with Gasteiger partial charge in [-0.25, -0.2) is 26.8 Å². The van der Waals surface area contributed by atoms with E-state index in [4.69, 9.17) is 9.47 Å². The van der Waals surface area contributed by atoms with Gasteiger partial charge in [-0.15, -0.1) is 0 Å². The molecule has 0 spiro atoms. The molecule has 222 valence electrons. The van der Waals surface area contributed by atoms with E-state index in [9.17, 15) is 16.8 Å². The minimum Gasteiger partial charge on any atom is -0.495 e. The summed E-state index contributed by atoms with van der Waals surface area (Å²) in [6.07, 6.45) is 0. The molecule has 0 unspecified atom stereocenters. The summed E-state index contributed by atoms with van der Waals surface area (Å²) in [7, 11) is -6.78. The largest absolute Gasteiger partial charge is 0.495 e. The number of halogens is 1. The third-order valence-electron chi connectivity index (χ3n) is 6.06. The van der Waals surface area contributed by atoms with Crippen LogP contribution in [0.15, 0.2) is 105 Å². The number of anilines is 4.